The van der Waals surface area contributed by atoms with Crippen molar-refractivity contribution in [2.24, 2.45) is 5.41 Å². The molecule has 3 heteroatoms. The number of aromatic nitrogens is 1. The number of hydrogen-bond acceptors (Lipinski definition) is 2. The molecule has 12 heavy (non-hydrogen) atoms. The van der Waals surface area contributed by atoms with Gasteiger partial charge < -0.3 is 0 Å². The van der Waals surface area contributed by atoms with E-state index in [0.717, 1.165) is 5.33 Å². The number of aryl methyl sites for hydroxylation is 1. The third-order valence-electron chi connectivity index (χ3n) is 2.46. The highest BCUT2D eigenvalue weighted by atomic mass is 79.9. The lowest BCUT2D eigenvalue weighted by atomic mass is 10.1. The van der Waals surface area contributed by atoms with E-state index in [-0.39, 0.29) is 0 Å². The molecule has 0 atom stereocenters. The van der Waals surface area contributed by atoms with Crippen molar-refractivity contribution in [3.63, 3.8) is 0 Å². The summed E-state index contributed by atoms with van der Waals surface area (Å²) in [6.07, 6.45) is 6.02. The number of alkyl halides is 1. The van der Waals surface area contributed by atoms with Crippen molar-refractivity contribution in [3.8, 4) is 0 Å². The van der Waals surface area contributed by atoms with Gasteiger partial charge in [0.2, 0.25) is 0 Å². The summed E-state index contributed by atoms with van der Waals surface area (Å²) in [6, 6.07) is 0. The lowest BCUT2D eigenvalue weighted by Crippen LogP contribution is -2.04. The van der Waals surface area contributed by atoms with Crippen LogP contribution in [-0.4, -0.2) is 10.3 Å². The molecule has 0 amide bonds. The Balaban J connectivity index is 2.04. The van der Waals surface area contributed by atoms with Gasteiger partial charge in [0.15, 0.2) is 0 Å². The third-order valence-corrected chi connectivity index (χ3v) is 4.56. The Morgan fingerprint density at radius 2 is 2.42 bits per heavy atom. The maximum absolute atomic E-state index is 4.27. The smallest absolute Gasteiger partial charge is 0.0896 e. The second-order valence-electron chi connectivity index (χ2n) is 3.66. The van der Waals surface area contributed by atoms with Gasteiger partial charge in [-0.2, -0.15) is 0 Å². The zero-order valence-corrected chi connectivity index (χ0v) is 9.54. The van der Waals surface area contributed by atoms with Crippen LogP contribution in [0.5, 0.6) is 0 Å². The van der Waals surface area contributed by atoms with Crippen LogP contribution in [0.2, 0.25) is 0 Å². The first-order valence-corrected chi connectivity index (χ1v) is 6.15. The summed E-state index contributed by atoms with van der Waals surface area (Å²) in [6.45, 7) is 2.07. The van der Waals surface area contributed by atoms with Crippen molar-refractivity contribution < 1.29 is 0 Å². The van der Waals surface area contributed by atoms with Crippen molar-refractivity contribution in [2.75, 3.05) is 5.33 Å². The topological polar surface area (TPSA) is 12.9 Å². The Kier molecular flexibility index (Phi) is 2.25. The summed E-state index contributed by atoms with van der Waals surface area (Å²) < 4.78 is 0. The largest absolute Gasteiger partial charge is 0.250 e. The van der Waals surface area contributed by atoms with Crippen LogP contribution in [0.3, 0.4) is 0 Å². The van der Waals surface area contributed by atoms with Crippen LogP contribution in [0.1, 0.15) is 22.7 Å². The van der Waals surface area contributed by atoms with Crippen LogP contribution < -0.4 is 0 Å². The molecule has 0 saturated heterocycles. The number of nitrogens with zero attached hydrogens (tertiary/aromatic N) is 1. The number of halogens is 1. The quantitative estimate of drug-likeness (QED) is 0.746. The average molecular weight is 246 g/mol. The van der Waals surface area contributed by atoms with Gasteiger partial charge in [-0.15, -0.1) is 11.3 Å². The van der Waals surface area contributed by atoms with Gasteiger partial charge in [-0.05, 0) is 31.6 Å². The fourth-order valence-electron chi connectivity index (χ4n) is 1.39. The number of rotatable bonds is 3. The minimum atomic E-state index is 0.596. The van der Waals surface area contributed by atoms with Crippen LogP contribution >= 0.6 is 27.3 Å². The molecule has 1 aromatic rings. The van der Waals surface area contributed by atoms with Gasteiger partial charge in [0.1, 0.15) is 0 Å². The first-order chi connectivity index (χ1) is 5.74. The van der Waals surface area contributed by atoms with Crippen molar-refractivity contribution in [1.82, 2.24) is 4.98 Å². The van der Waals surface area contributed by atoms with E-state index in [1.54, 1.807) is 0 Å². The average Bonchev–Trinajstić information content (AvgIpc) is 2.71. The zero-order valence-electron chi connectivity index (χ0n) is 7.14. The van der Waals surface area contributed by atoms with E-state index in [0.29, 0.717) is 5.41 Å². The Hall–Kier alpha value is 0.110. The molecule has 1 heterocycles. The van der Waals surface area contributed by atoms with Crippen LogP contribution in [0, 0.1) is 12.3 Å². The molecule has 0 radical (unpaired) electrons. The van der Waals surface area contributed by atoms with Crippen LogP contribution in [0.4, 0.5) is 0 Å². The molecule has 66 valence electrons. The second-order valence-corrected chi connectivity index (χ2v) is 5.54. The molecule has 0 N–H and O–H groups in total. The van der Waals surface area contributed by atoms with Crippen LogP contribution in [0.15, 0.2) is 6.20 Å². The predicted octanol–water partition coefficient (Wildman–Crippen LogP) is 3.17. The lowest BCUT2D eigenvalue weighted by molar-refractivity contribution is 0.592. The summed E-state index contributed by atoms with van der Waals surface area (Å²) in [7, 11) is 0. The summed E-state index contributed by atoms with van der Waals surface area (Å²) in [5.74, 6) is 0. The molecule has 0 spiro atoms. The van der Waals surface area contributed by atoms with Gasteiger partial charge in [0, 0.05) is 16.4 Å². The summed E-state index contributed by atoms with van der Waals surface area (Å²) in [4.78, 5) is 5.71. The number of hydrogen-bond donors (Lipinski definition) is 0. The van der Waals surface area contributed by atoms with E-state index in [4.69, 9.17) is 0 Å². The molecule has 0 unspecified atom stereocenters. The summed E-state index contributed by atoms with van der Waals surface area (Å²) in [5.41, 5.74) is 0.596. The first kappa shape index (κ1) is 8.70. The molecular formula is C9H12BrNS. The SMILES string of the molecule is Cc1ncc(CC2(CBr)CC2)s1. The molecule has 0 aromatic carbocycles. The van der Waals surface area contributed by atoms with Crippen molar-refractivity contribution >= 4 is 27.3 Å². The fraction of sp³-hybridized carbons (Fsp3) is 0.667. The van der Waals surface area contributed by atoms with Crippen LogP contribution in [-0.2, 0) is 6.42 Å². The molecule has 0 aliphatic heterocycles. The van der Waals surface area contributed by atoms with Crippen LogP contribution in [0.25, 0.3) is 0 Å². The molecule has 1 aliphatic rings. The molecule has 1 aliphatic carbocycles. The summed E-state index contributed by atoms with van der Waals surface area (Å²) >= 11 is 5.42. The Morgan fingerprint density at radius 1 is 1.67 bits per heavy atom. The van der Waals surface area contributed by atoms with Gasteiger partial charge >= 0.3 is 0 Å². The highest BCUT2D eigenvalue weighted by Gasteiger charge is 2.41. The summed E-state index contributed by atoms with van der Waals surface area (Å²) in [5, 5.41) is 2.34. The van der Waals surface area contributed by atoms with Gasteiger partial charge in [-0.1, -0.05) is 15.9 Å². The van der Waals surface area contributed by atoms with Gasteiger partial charge in [0.25, 0.3) is 0 Å². The monoisotopic (exact) mass is 245 g/mol. The highest BCUT2D eigenvalue weighted by molar-refractivity contribution is 9.09. The Bertz CT molecular complexity index is 278. The second kappa shape index (κ2) is 3.11. The zero-order chi connectivity index (χ0) is 8.60. The van der Waals surface area contributed by atoms with Crippen molar-refractivity contribution in [3.05, 3.63) is 16.1 Å². The lowest BCUT2D eigenvalue weighted by Gasteiger charge is -2.07. The minimum absolute atomic E-state index is 0.596. The molecule has 1 fully saturated rings. The van der Waals surface area contributed by atoms with Crippen molar-refractivity contribution in [1.29, 1.82) is 0 Å². The Labute approximate surface area is 85.3 Å². The van der Waals surface area contributed by atoms with Gasteiger partial charge in [-0.3, -0.25) is 0 Å². The van der Waals surface area contributed by atoms with E-state index in [9.17, 15) is 0 Å². The highest BCUT2D eigenvalue weighted by Crippen LogP contribution is 2.50. The van der Waals surface area contributed by atoms with E-state index < -0.39 is 0 Å². The molecule has 0 bridgehead atoms. The van der Waals surface area contributed by atoms with E-state index in [1.807, 2.05) is 17.5 Å². The van der Waals surface area contributed by atoms with E-state index in [1.165, 1.54) is 29.1 Å². The maximum Gasteiger partial charge on any atom is 0.0896 e. The Morgan fingerprint density at radius 3 is 2.83 bits per heavy atom. The van der Waals surface area contributed by atoms with Gasteiger partial charge in [-0.25, -0.2) is 4.98 Å². The third kappa shape index (κ3) is 1.72. The van der Waals surface area contributed by atoms with Crippen molar-refractivity contribution in [2.45, 2.75) is 26.2 Å². The first-order valence-electron chi connectivity index (χ1n) is 4.21. The molecule has 1 saturated carbocycles. The van der Waals surface area contributed by atoms with Gasteiger partial charge in [0.05, 0.1) is 5.01 Å². The normalized spacial score (nSPS) is 19.5. The van der Waals surface area contributed by atoms with E-state index >= 15 is 0 Å². The molecule has 1 nitrogen and oxygen atoms in total. The standard InChI is InChI=1S/C9H12BrNS/c1-7-11-5-8(12-7)4-9(6-10)2-3-9/h5H,2-4,6H2,1H3. The fourth-order valence-corrected chi connectivity index (χ4v) is 3.12. The van der Waals surface area contributed by atoms with E-state index in [2.05, 4.69) is 27.8 Å². The molecule has 1 aromatic heterocycles. The maximum atomic E-state index is 4.27. The predicted molar refractivity (Wildman–Crippen MR) is 56.0 cm³/mol. The molecular weight excluding hydrogens is 234 g/mol. The molecule has 2 rings (SSSR count). The number of thiazole rings is 1. The minimum Gasteiger partial charge on any atom is -0.250 e.